The molecule has 0 fully saturated rings. The van der Waals surface area contributed by atoms with E-state index in [-0.39, 0.29) is 12.1 Å². The number of ether oxygens (including phenoxy) is 1. The Morgan fingerprint density at radius 2 is 2.16 bits per heavy atom. The van der Waals surface area contributed by atoms with E-state index in [2.05, 4.69) is 15.0 Å². The quantitative estimate of drug-likeness (QED) is 0.828. The van der Waals surface area contributed by atoms with Gasteiger partial charge in [0.1, 0.15) is 11.7 Å². The van der Waals surface area contributed by atoms with Crippen molar-refractivity contribution in [3.63, 3.8) is 0 Å². The second-order valence-corrected chi connectivity index (χ2v) is 3.70. The van der Waals surface area contributed by atoms with Crippen LogP contribution in [0.5, 0.6) is 0 Å². The first-order valence-electron chi connectivity index (χ1n) is 5.63. The van der Waals surface area contributed by atoms with E-state index in [9.17, 15) is 18.4 Å². The zero-order chi connectivity index (χ0) is 14.4. The molecule has 0 radical (unpaired) electrons. The maximum Gasteiger partial charge on any atom is 0.328 e. The lowest BCUT2D eigenvalue weighted by atomic mass is 10.1. The molecule has 1 aromatic rings. The Hall–Kier alpha value is -2.05. The van der Waals surface area contributed by atoms with Crippen LogP contribution in [0.15, 0.2) is 18.3 Å². The fraction of sp³-hybridized carbons (Fsp3) is 0.417. The number of halogens is 2. The summed E-state index contributed by atoms with van der Waals surface area (Å²) in [6.45, 7) is 1.66. The summed E-state index contributed by atoms with van der Waals surface area (Å²) in [6, 6.07) is 1.55. The van der Waals surface area contributed by atoms with Crippen LogP contribution in [0.4, 0.5) is 8.78 Å². The highest BCUT2D eigenvalue weighted by Gasteiger charge is 2.24. The molecule has 0 aromatic carbocycles. The number of pyridine rings is 1. The van der Waals surface area contributed by atoms with Gasteiger partial charge < -0.3 is 10.1 Å². The van der Waals surface area contributed by atoms with Gasteiger partial charge in [0.2, 0.25) is 0 Å². The first-order chi connectivity index (χ1) is 9.01. The van der Waals surface area contributed by atoms with Gasteiger partial charge in [-0.1, -0.05) is 6.92 Å². The van der Waals surface area contributed by atoms with E-state index in [1.54, 1.807) is 6.92 Å². The Labute approximate surface area is 109 Å². The Balaban J connectivity index is 2.92. The summed E-state index contributed by atoms with van der Waals surface area (Å²) in [4.78, 5) is 26.8. The molecule has 7 heteroatoms. The molecule has 0 spiro atoms. The largest absolute Gasteiger partial charge is 0.467 e. The molecule has 104 valence electrons. The first kappa shape index (κ1) is 15.0. The van der Waals surface area contributed by atoms with Crippen molar-refractivity contribution in [3.05, 3.63) is 29.6 Å². The van der Waals surface area contributed by atoms with Gasteiger partial charge in [-0.15, -0.1) is 0 Å². The molecule has 1 unspecified atom stereocenters. The molecule has 0 aliphatic heterocycles. The minimum absolute atomic E-state index is 0.287. The highest BCUT2D eigenvalue weighted by molar-refractivity contribution is 5.96. The zero-order valence-electron chi connectivity index (χ0n) is 10.5. The lowest BCUT2D eigenvalue weighted by Gasteiger charge is -2.15. The van der Waals surface area contributed by atoms with Gasteiger partial charge in [-0.2, -0.15) is 0 Å². The monoisotopic (exact) mass is 272 g/mol. The number of esters is 1. The number of nitrogens with zero attached hydrogens (tertiary/aromatic N) is 1. The number of hydrogen-bond donors (Lipinski definition) is 1. The third-order valence-corrected chi connectivity index (χ3v) is 2.49. The molecule has 1 amide bonds. The fourth-order valence-electron chi connectivity index (χ4n) is 1.48. The van der Waals surface area contributed by atoms with E-state index >= 15 is 0 Å². The van der Waals surface area contributed by atoms with E-state index < -0.39 is 29.9 Å². The van der Waals surface area contributed by atoms with Crippen molar-refractivity contribution in [1.82, 2.24) is 10.3 Å². The normalized spacial score (nSPS) is 12.1. The molecule has 1 atom stereocenters. The Morgan fingerprint density at radius 3 is 2.68 bits per heavy atom. The molecular formula is C12H14F2N2O3. The predicted molar refractivity (Wildman–Crippen MR) is 62.8 cm³/mol. The molecule has 1 aromatic heterocycles. The molecule has 1 N–H and O–H groups in total. The van der Waals surface area contributed by atoms with Crippen molar-refractivity contribution in [2.45, 2.75) is 25.8 Å². The van der Waals surface area contributed by atoms with Crippen LogP contribution in [-0.4, -0.2) is 30.0 Å². The van der Waals surface area contributed by atoms with Crippen LogP contribution < -0.4 is 5.32 Å². The molecule has 0 saturated heterocycles. The number of rotatable bonds is 5. The minimum Gasteiger partial charge on any atom is -0.467 e. The average Bonchev–Trinajstić information content (AvgIpc) is 2.43. The number of hydrogen-bond acceptors (Lipinski definition) is 4. The van der Waals surface area contributed by atoms with Gasteiger partial charge in [0.05, 0.1) is 7.11 Å². The molecule has 1 heterocycles. The van der Waals surface area contributed by atoms with Gasteiger partial charge >= 0.3 is 5.97 Å². The van der Waals surface area contributed by atoms with Gasteiger partial charge in [-0.25, -0.2) is 13.6 Å². The van der Waals surface area contributed by atoms with Crippen molar-refractivity contribution in [2.75, 3.05) is 7.11 Å². The molecule has 0 aliphatic carbocycles. The van der Waals surface area contributed by atoms with E-state index in [0.717, 1.165) is 6.07 Å². The minimum atomic E-state index is -2.81. The number of nitrogens with one attached hydrogen (secondary N) is 1. The summed E-state index contributed by atoms with van der Waals surface area (Å²) in [5.74, 6) is -1.46. The summed E-state index contributed by atoms with van der Waals surface area (Å²) < 4.78 is 29.9. The van der Waals surface area contributed by atoms with Crippen LogP contribution in [-0.2, 0) is 9.53 Å². The van der Waals surface area contributed by atoms with E-state index in [1.165, 1.54) is 19.4 Å². The van der Waals surface area contributed by atoms with Crippen LogP contribution in [0.2, 0.25) is 0 Å². The summed E-state index contributed by atoms with van der Waals surface area (Å²) in [5.41, 5.74) is -0.862. The zero-order valence-corrected chi connectivity index (χ0v) is 10.5. The second kappa shape index (κ2) is 6.77. The van der Waals surface area contributed by atoms with Gasteiger partial charge in [0.25, 0.3) is 12.3 Å². The maximum absolute atomic E-state index is 12.7. The van der Waals surface area contributed by atoms with Gasteiger partial charge in [-0.3, -0.25) is 9.78 Å². The van der Waals surface area contributed by atoms with E-state index in [0.29, 0.717) is 0 Å². The number of alkyl halides is 2. The number of aromatic nitrogens is 1. The highest BCUT2D eigenvalue weighted by atomic mass is 19.3. The molecule has 0 bridgehead atoms. The fourth-order valence-corrected chi connectivity index (χ4v) is 1.48. The van der Waals surface area contributed by atoms with Crippen LogP contribution in [0, 0.1) is 0 Å². The Bertz CT molecular complexity index is 466. The van der Waals surface area contributed by atoms with Crippen molar-refractivity contribution in [2.24, 2.45) is 0 Å². The van der Waals surface area contributed by atoms with Gasteiger partial charge in [0, 0.05) is 11.8 Å². The maximum atomic E-state index is 12.7. The van der Waals surface area contributed by atoms with E-state index in [1.807, 2.05) is 0 Å². The second-order valence-electron chi connectivity index (χ2n) is 3.70. The van der Waals surface area contributed by atoms with Crippen LogP contribution in [0.25, 0.3) is 0 Å². The van der Waals surface area contributed by atoms with Crippen molar-refractivity contribution < 1.29 is 23.1 Å². The van der Waals surface area contributed by atoms with Gasteiger partial charge in [-0.05, 0) is 18.6 Å². The summed E-state index contributed by atoms with van der Waals surface area (Å²) in [6.07, 6.45) is -1.29. The Kier molecular flexibility index (Phi) is 5.35. The molecular weight excluding hydrogens is 258 g/mol. The smallest absolute Gasteiger partial charge is 0.328 e. The molecule has 0 aliphatic rings. The van der Waals surface area contributed by atoms with Gasteiger partial charge in [0.15, 0.2) is 0 Å². The number of carbonyl (C=O) groups excluding carboxylic acids is 2. The molecule has 0 saturated carbocycles. The topological polar surface area (TPSA) is 68.3 Å². The van der Waals surface area contributed by atoms with Crippen LogP contribution in [0.1, 0.15) is 35.8 Å². The SMILES string of the molecule is CCC(NC(=O)c1ncccc1C(F)F)C(=O)OC. The average molecular weight is 272 g/mol. The lowest BCUT2D eigenvalue weighted by Crippen LogP contribution is -2.41. The number of methoxy groups -OCH3 is 1. The lowest BCUT2D eigenvalue weighted by molar-refractivity contribution is -0.142. The number of carbonyl (C=O) groups is 2. The summed E-state index contributed by atoms with van der Waals surface area (Å²) in [7, 11) is 1.18. The molecule has 19 heavy (non-hydrogen) atoms. The third kappa shape index (κ3) is 3.70. The third-order valence-electron chi connectivity index (χ3n) is 2.49. The summed E-state index contributed by atoms with van der Waals surface area (Å²) in [5, 5.41) is 2.32. The van der Waals surface area contributed by atoms with Crippen LogP contribution in [0.3, 0.4) is 0 Å². The Morgan fingerprint density at radius 1 is 1.47 bits per heavy atom. The molecule has 5 nitrogen and oxygen atoms in total. The first-order valence-corrected chi connectivity index (χ1v) is 5.63. The van der Waals surface area contributed by atoms with Crippen LogP contribution >= 0.6 is 0 Å². The summed E-state index contributed by atoms with van der Waals surface area (Å²) >= 11 is 0. The van der Waals surface area contributed by atoms with E-state index in [4.69, 9.17) is 0 Å². The van der Waals surface area contributed by atoms with Crippen molar-refractivity contribution in [1.29, 1.82) is 0 Å². The highest BCUT2D eigenvalue weighted by Crippen LogP contribution is 2.21. The standard InChI is InChI=1S/C12H14F2N2O3/c1-3-8(12(18)19-2)16-11(17)9-7(10(13)14)5-4-6-15-9/h4-6,8,10H,3H2,1-2H3,(H,16,17). The molecule has 1 rings (SSSR count). The van der Waals surface area contributed by atoms with Crippen molar-refractivity contribution >= 4 is 11.9 Å². The predicted octanol–water partition coefficient (Wildman–Crippen LogP) is 1.70. The number of amides is 1. The van der Waals surface area contributed by atoms with Crippen molar-refractivity contribution in [3.8, 4) is 0 Å².